The fraction of sp³-hybridized carbons (Fsp3) is 0.188. The molecule has 3 nitrogen and oxygen atoms in total. The standard InChI is InChI=1S/C16H16N2OS/c1-19-16-8-3-12(10-17)9-13(16)11-18-14-4-6-15(20-2)7-5-14/h3-9,18H,11H2,1-2H3. The normalized spacial score (nSPS) is 9.85. The predicted octanol–water partition coefficient (Wildman–Crippen LogP) is 3.90. The van der Waals surface area contributed by atoms with Crippen LogP contribution in [-0.4, -0.2) is 13.4 Å². The van der Waals surface area contributed by atoms with E-state index in [1.165, 1.54) is 4.90 Å². The molecule has 4 heteroatoms. The Balaban J connectivity index is 2.11. The molecule has 2 aromatic carbocycles. The smallest absolute Gasteiger partial charge is 0.123 e. The molecule has 0 aliphatic rings. The van der Waals surface area contributed by atoms with Gasteiger partial charge in [-0.15, -0.1) is 11.8 Å². The van der Waals surface area contributed by atoms with E-state index in [-0.39, 0.29) is 0 Å². The third kappa shape index (κ3) is 3.46. The lowest BCUT2D eigenvalue weighted by molar-refractivity contribution is 0.410. The molecule has 0 saturated carbocycles. The number of ether oxygens (including phenoxy) is 1. The zero-order chi connectivity index (χ0) is 14.4. The zero-order valence-electron chi connectivity index (χ0n) is 11.5. The number of rotatable bonds is 5. The summed E-state index contributed by atoms with van der Waals surface area (Å²) in [6, 6.07) is 15.8. The highest BCUT2D eigenvalue weighted by atomic mass is 32.2. The van der Waals surface area contributed by atoms with Crippen LogP contribution in [0.4, 0.5) is 5.69 Å². The fourth-order valence-corrected chi connectivity index (χ4v) is 2.30. The first-order chi connectivity index (χ1) is 9.76. The van der Waals surface area contributed by atoms with Crippen molar-refractivity contribution in [3.63, 3.8) is 0 Å². The second kappa shape index (κ2) is 6.88. The summed E-state index contributed by atoms with van der Waals surface area (Å²) in [5.74, 6) is 0.789. The topological polar surface area (TPSA) is 45.0 Å². The Morgan fingerprint density at radius 1 is 1.20 bits per heavy atom. The molecule has 0 aromatic heterocycles. The van der Waals surface area contributed by atoms with Gasteiger partial charge in [0, 0.05) is 22.7 Å². The quantitative estimate of drug-likeness (QED) is 0.846. The predicted molar refractivity (Wildman–Crippen MR) is 83.3 cm³/mol. The largest absolute Gasteiger partial charge is 0.496 e. The molecular weight excluding hydrogens is 268 g/mol. The second-order valence-electron chi connectivity index (χ2n) is 4.22. The minimum absolute atomic E-state index is 0.622. The highest BCUT2D eigenvalue weighted by molar-refractivity contribution is 7.98. The van der Waals surface area contributed by atoms with E-state index in [0.29, 0.717) is 12.1 Å². The number of methoxy groups -OCH3 is 1. The van der Waals surface area contributed by atoms with Crippen molar-refractivity contribution in [2.45, 2.75) is 11.4 Å². The number of anilines is 1. The van der Waals surface area contributed by atoms with E-state index in [1.807, 2.05) is 24.3 Å². The van der Waals surface area contributed by atoms with Gasteiger partial charge in [0.05, 0.1) is 18.7 Å². The molecule has 0 amide bonds. The number of nitrogens with one attached hydrogen (secondary N) is 1. The number of thioether (sulfide) groups is 1. The Hall–Kier alpha value is -2.12. The van der Waals surface area contributed by atoms with Gasteiger partial charge in [-0.05, 0) is 48.7 Å². The molecule has 1 N–H and O–H groups in total. The molecule has 2 aromatic rings. The summed E-state index contributed by atoms with van der Waals surface area (Å²) in [5.41, 5.74) is 2.66. The maximum Gasteiger partial charge on any atom is 0.123 e. The Bertz CT molecular complexity index is 617. The summed E-state index contributed by atoms with van der Waals surface area (Å²) < 4.78 is 5.32. The molecule has 0 fully saturated rings. The summed E-state index contributed by atoms with van der Waals surface area (Å²) in [7, 11) is 1.64. The van der Waals surface area contributed by atoms with Crippen molar-refractivity contribution in [1.82, 2.24) is 0 Å². The summed E-state index contributed by atoms with van der Waals surface area (Å²) in [6.45, 7) is 0.622. The van der Waals surface area contributed by atoms with Gasteiger partial charge in [0.25, 0.3) is 0 Å². The maximum absolute atomic E-state index is 8.96. The summed E-state index contributed by atoms with van der Waals surface area (Å²) >= 11 is 1.72. The van der Waals surface area contributed by atoms with E-state index in [4.69, 9.17) is 10.00 Å². The highest BCUT2D eigenvalue weighted by Crippen LogP contribution is 2.22. The molecular formula is C16H16N2OS. The van der Waals surface area contributed by atoms with Crippen LogP contribution in [0.2, 0.25) is 0 Å². The average Bonchev–Trinajstić information content (AvgIpc) is 2.53. The van der Waals surface area contributed by atoms with Gasteiger partial charge in [0.2, 0.25) is 0 Å². The van der Waals surface area contributed by atoms with Gasteiger partial charge in [-0.3, -0.25) is 0 Å². The van der Waals surface area contributed by atoms with Crippen LogP contribution in [0.25, 0.3) is 0 Å². The number of benzene rings is 2. The lowest BCUT2D eigenvalue weighted by Crippen LogP contribution is -2.02. The first-order valence-electron chi connectivity index (χ1n) is 6.21. The Kier molecular flexibility index (Phi) is 4.91. The van der Waals surface area contributed by atoms with Crippen molar-refractivity contribution in [3.05, 3.63) is 53.6 Å². The first-order valence-corrected chi connectivity index (χ1v) is 7.44. The lowest BCUT2D eigenvalue weighted by Gasteiger charge is -2.11. The third-order valence-electron chi connectivity index (χ3n) is 2.98. The monoisotopic (exact) mass is 284 g/mol. The second-order valence-corrected chi connectivity index (χ2v) is 5.10. The van der Waals surface area contributed by atoms with E-state index >= 15 is 0 Å². The van der Waals surface area contributed by atoms with Crippen molar-refractivity contribution < 1.29 is 4.74 Å². The Labute approximate surface area is 123 Å². The number of hydrogen-bond donors (Lipinski definition) is 1. The van der Waals surface area contributed by atoms with Crippen LogP contribution in [0.3, 0.4) is 0 Å². The van der Waals surface area contributed by atoms with Gasteiger partial charge in [-0.1, -0.05) is 0 Å². The maximum atomic E-state index is 8.96. The van der Waals surface area contributed by atoms with E-state index in [1.54, 1.807) is 24.9 Å². The van der Waals surface area contributed by atoms with Crippen LogP contribution in [0.1, 0.15) is 11.1 Å². The zero-order valence-corrected chi connectivity index (χ0v) is 12.3. The molecule has 0 atom stereocenters. The summed E-state index contributed by atoms with van der Waals surface area (Å²) in [4.78, 5) is 1.24. The molecule has 0 radical (unpaired) electrons. The van der Waals surface area contributed by atoms with Crippen molar-refractivity contribution in [2.24, 2.45) is 0 Å². The van der Waals surface area contributed by atoms with E-state index in [0.717, 1.165) is 17.0 Å². The van der Waals surface area contributed by atoms with Gasteiger partial charge in [0.1, 0.15) is 5.75 Å². The molecule has 0 unspecified atom stereocenters. The molecule has 0 aliphatic heterocycles. The fourth-order valence-electron chi connectivity index (χ4n) is 1.89. The SMILES string of the molecule is COc1ccc(C#N)cc1CNc1ccc(SC)cc1. The Morgan fingerprint density at radius 3 is 2.55 bits per heavy atom. The van der Waals surface area contributed by atoms with Crippen LogP contribution >= 0.6 is 11.8 Å². The third-order valence-corrected chi connectivity index (χ3v) is 3.73. The molecule has 102 valence electrons. The molecule has 0 heterocycles. The minimum Gasteiger partial charge on any atom is -0.496 e. The van der Waals surface area contributed by atoms with Crippen LogP contribution in [0.5, 0.6) is 5.75 Å². The molecule has 0 bridgehead atoms. The number of nitrogens with zero attached hydrogens (tertiary/aromatic N) is 1. The van der Waals surface area contributed by atoms with Crippen molar-refractivity contribution in [1.29, 1.82) is 5.26 Å². The van der Waals surface area contributed by atoms with Gasteiger partial charge in [-0.25, -0.2) is 0 Å². The van der Waals surface area contributed by atoms with Gasteiger partial charge < -0.3 is 10.1 Å². The van der Waals surface area contributed by atoms with E-state index in [2.05, 4.69) is 29.8 Å². The van der Waals surface area contributed by atoms with Crippen LogP contribution in [0.15, 0.2) is 47.4 Å². The van der Waals surface area contributed by atoms with E-state index < -0.39 is 0 Å². The van der Waals surface area contributed by atoms with Crippen molar-refractivity contribution in [3.8, 4) is 11.8 Å². The highest BCUT2D eigenvalue weighted by Gasteiger charge is 2.04. The van der Waals surface area contributed by atoms with Crippen molar-refractivity contribution in [2.75, 3.05) is 18.7 Å². The lowest BCUT2D eigenvalue weighted by atomic mass is 10.1. The Morgan fingerprint density at radius 2 is 1.95 bits per heavy atom. The number of nitriles is 1. The molecule has 2 rings (SSSR count). The summed E-state index contributed by atoms with van der Waals surface area (Å²) in [6.07, 6.45) is 2.06. The van der Waals surface area contributed by atoms with Crippen LogP contribution in [-0.2, 0) is 6.54 Å². The van der Waals surface area contributed by atoms with Crippen LogP contribution in [0, 0.1) is 11.3 Å². The average molecular weight is 284 g/mol. The van der Waals surface area contributed by atoms with Crippen LogP contribution < -0.4 is 10.1 Å². The summed E-state index contributed by atoms with van der Waals surface area (Å²) in [5, 5.41) is 12.3. The van der Waals surface area contributed by atoms with Gasteiger partial charge in [0.15, 0.2) is 0 Å². The van der Waals surface area contributed by atoms with Gasteiger partial charge >= 0.3 is 0 Å². The van der Waals surface area contributed by atoms with Gasteiger partial charge in [-0.2, -0.15) is 5.26 Å². The first kappa shape index (κ1) is 14.3. The molecule has 0 spiro atoms. The minimum atomic E-state index is 0.622. The van der Waals surface area contributed by atoms with E-state index in [9.17, 15) is 0 Å². The van der Waals surface area contributed by atoms with Crippen molar-refractivity contribution >= 4 is 17.4 Å². The molecule has 0 saturated heterocycles. The molecule has 0 aliphatic carbocycles. The number of hydrogen-bond acceptors (Lipinski definition) is 4. The molecule has 20 heavy (non-hydrogen) atoms.